The first-order valence-electron chi connectivity index (χ1n) is 8.60. The molecule has 0 spiro atoms. The van der Waals surface area contributed by atoms with Gasteiger partial charge in [0, 0.05) is 12.7 Å². The van der Waals surface area contributed by atoms with E-state index < -0.39 is 0 Å². The highest BCUT2D eigenvalue weighted by atomic mass is 32.1. The quantitative estimate of drug-likeness (QED) is 0.566. The summed E-state index contributed by atoms with van der Waals surface area (Å²) in [4.78, 5) is 12.7. The number of aryl methyl sites for hydroxylation is 2. The van der Waals surface area contributed by atoms with E-state index in [1.165, 1.54) is 11.1 Å². The van der Waals surface area contributed by atoms with Crippen molar-refractivity contribution < 1.29 is 4.79 Å². The van der Waals surface area contributed by atoms with Gasteiger partial charge < -0.3 is 9.88 Å². The summed E-state index contributed by atoms with van der Waals surface area (Å²) in [5.74, 6) is -0.106. The molecule has 3 aromatic heterocycles. The lowest BCUT2D eigenvalue weighted by Gasteiger charge is -2.07. The van der Waals surface area contributed by atoms with E-state index in [4.69, 9.17) is 0 Å². The summed E-state index contributed by atoms with van der Waals surface area (Å²) in [7, 11) is 0. The molecule has 0 fully saturated rings. The van der Waals surface area contributed by atoms with Crippen molar-refractivity contribution in [3.63, 3.8) is 0 Å². The monoisotopic (exact) mass is 364 g/mol. The van der Waals surface area contributed by atoms with Crippen molar-refractivity contribution in [3.05, 3.63) is 71.0 Å². The Balaban J connectivity index is 1.52. The smallest absolute Gasteiger partial charge is 0.272 e. The Hall–Kier alpha value is -2.86. The Bertz CT molecular complexity index is 1070. The molecule has 6 heteroatoms. The van der Waals surface area contributed by atoms with Gasteiger partial charge in [-0.05, 0) is 42.5 Å². The summed E-state index contributed by atoms with van der Waals surface area (Å²) in [5, 5.41) is 9.39. The number of hydrogen-bond acceptors (Lipinski definition) is 3. The molecule has 1 amide bonds. The molecule has 0 saturated heterocycles. The second-order valence-electron chi connectivity index (χ2n) is 6.25. The number of carbonyl (C=O) groups is 1. The van der Waals surface area contributed by atoms with E-state index in [9.17, 15) is 4.79 Å². The fraction of sp³-hybridized carbons (Fsp3) is 0.200. The van der Waals surface area contributed by atoms with Crippen molar-refractivity contribution in [1.82, 2.24) is 14.3 Å². The van der Waals surface area contributed by atoms with Crippen LogP contribution in [0.25, 0.3) is 10.2 Å². The third-order valence-corrected chi connectivity index (χ3v) is 5.41. The van der Waals surface area contributed by atoms with Crippen LogP contribution in [-0.4, -0.2) is 20.3 Å². The maximum absolute atomic E-state index is 12.7. The highest BCUT2D eigenvalue weighted by Crippen LogP contribution is 2.25. The number of nitrogens with one attached hydrogen (secondary N) is 1. The topological polar surface area (TPSA) is 51.9 Å². The van der Waals surface area contributed by atoms with E-state index in [1.807, 2.05) is 45.9 Å². The average Bonchev–Trinajstić information content (AvgIpc) is 3.32. The number of fused-ring (bicyclic) bond motifs is 1. The third-order valence-electron chi connectivity index (χ3n) is 4.56. The van der Waals surface area contributed by atoms with Crippen molar-refractivity contribution in [3.8, 4) is 0 Å². The normalized spacial score (nSPS) is 11.2. The van der Waals surface area contributed by atoms with E-state index in [-0.39, 0.29) is 5.91 Å². The van der Waals surface area contributed by atoms with Crippen molar-refractivity contribution in [1.29, 1.82) is 0 Å². The Kier molecular flexibility index (Phi) is 4.34. The second kappa shape index (κ2) is 6.80. The van der Waals surface area contributed by atoms with Crippen LogP contribution in [0.1, 0.15) is 28.5 Å². The second-order valence-corrected chi connectivity index (χ2v) is 7.20. The lowest BCUT2D eigenvalue weighted by Crippen LogP contribution is -2.16. The molecule has 4 aromatic rings. The van der Waals surface area contributed by atoms with Gasteiger partial charge in [-0.25, -0.2) is 0 Å². The third kappa shape index (κ3) is 3.04. The van der Waals surface area contributed by atoms with Crippen LogP contribution in [0.2, 0.25) is 0 Å². The molecule has 3 heterocycles. The van der Waals surface area contributed by atoms with Gasteiger partial charge in [-0.3, -0.25) is 9.48 Å². The summed E-state index contributed by atoms with van der Waals surface area (Å²) in [5.41, 5.74) is 4.94. The number of thiophene rings is 1. The zero-order valence-electron chi connectivity index (χ0n) is 14.8. The van der Waals surface area contributed by atoms with E-state index >= 15 is 0 Å². The fourth-order valence-electron chi connectivity index (χ4n) is 3.18. The van der Waals surface area contributed by atoms with Crippen molar-refractivity contribution in [2.75, 3.05) is 5.32 Å². The first-order valence-corrected chi connectivity index (χ1v) is 9.48. The molecule has 0 bridgehead atoms. The van der Waals surface area contributed by atoms with Crippen molar-refractivity contribution in [2.45, 2.75) is 26.9 Å². The molecule has 0 aliphatic carbocycles. The standard InChI is InChI=1S/C20H20N4OS/c1-3-24-17-8-9-26-19(17)10-18(24)20(25)22-16-11-21-23(13-16)12-15-7-5-4-6-14(15)2/h4-11,13H,3,12H2,1-2H3,(H,22,25). The molecule has 0 unspecified atom stereocenters. The van der Waals surface area contributed by atoms with Crippen LogP contribution in [0.3, 0.4) is 0 Å². The van der Waals surface area contributed by atoms with Gasteiger partial charge in [0.1, 0.15) is 5.69 Å². The van der Waals surface area contributed by atoms with Crippen molar-refractivity contribution >= 4 is 33.1 Å². The molecule has 1 aromatic carbocycles. The van der Waals surface area contributed by atoms with Gasteiger partial charge >= 0.3 is 0 Å². The summed E-state index contributed by atoms with van der Waals surface area (Å²) in [6.45, 7) is 5.58. The molecule has 132 valence electrons. The maximum atomic E-state index is 12.7. The van der Waals surface area contributed by atoms with Crippen LogP contribution < -0.4 is 5.32 Å². The molecule has 5 nitrogen and oxygen atoms in total. The first kappa shape index (κ1) is 16.6. The van der Waals surface area contributed by atoms with Gasteiger partial charge in [0.15, 0.2) is 0 Å². The number of anilines is 1. The van der Waals surface area contributed by atoms with E-state index in [0.717, 1.165) is 16.8 Å². The number of hydrogen-bond donors (Lipinski definition) is 1. The highest BCUT2D eigenvalue weighted by Gasteiger charge is 2.16. The van der Waals surface area contributed by atoms with Gasteiger partial charge in [0.2, 0.25) is 0 Å². The molecule has 26 heavy (non-hydrogen) atoms. The Morgan fingerprint density at radius 2 is 2.12 bits per heavy atom. The molecule has 1 N–H and O–H groups in total. The van der Waals surface area contributed by atoms with Gasteiger partial charge in [-0.1, -0.05) is 24.3 Å². The molecular formula is C20H20N4OS. The van der Waals surface area contributed by atoms with E-state index in [2.05, 4.69) is 35.5 Å². The molecule has 0 aliphatic heterocycles. The maximum Gasteiger partial charge on any atom is 0.272 e. The minimum atomic E-state index is -0.106. The van der Waals surface area contributed by atoms with Gasteiger partial charge in [0.05, 0.1) is 28.6 Å². The minimum Gasteiger partial charge on any atom is -0.336 e. The highest BCUT2D eigenvalue weighted by molar-refractivity contribution is 7.17. The Morgan fingerprint density at radius 3 is 2.92 bits per heavy atom. The number of rotatable bonds is 5. The summed E-state index contributed by atoms with van der Waals surface area (Å²) >= 11 is 1.65. The molecule has 0 atom stereocenters. The Morgan fingerprint density at radius 1 is 1.27 bits per heavy atom. The molecule has 4 rings (SSSR count). The minimum absolute atomic E-state index is 0.106. The molecule has 0 saturated carbocycles. The van der Waals surface area contributed by atoms with Crippen LogP contribution >= 0.6 is 11.3 Å². The largest absolute Gasteiger partial charge is 0.336 e. The average molecular weight is 364 g/mol. The molecule has 0 radical (unpaired) electrons. The van der Waals surface area contributed by atoms with Gasteiger partial charge in [-0.2, -0.15) is 5.10 Å². The summed E-state index contributed by atoms with van der Waals surface area (Å²) < 4.78 is 5.01. The predicted octanol–water partition coefficient (Wildman–Crippen LogP) is 4.53. The molecular weight excluding hydrogens is 344 g/mol. The van der Waals surface area contributed by atoms with Gasteiger partial charge in [0.25, 0.3) is 5.91 Å². The number of carbonyl (C=O) groups excluding carboxylic acids is 1. The van der Waals surface area contributed by atoms with Crippen LogP contribution in [0.4, 0.5) is 5.69 Å². The zero-order chi connectivity index (χ0) is 18.1. The van der Waals surface area contributed by atoms with Crippen LogP contribution in [0.5, 0.6) is 0 Å². The lowest BCUT2D eigenvalue weighted by atomic mass is 10.1. The van der Waals surface area contributed by atoms with Gasteiger partial charge in [-0.15, -0.1) is 11.3 Å². The first-order chi connectivity index (χ1) is 12.7. The number of aromatic nitrogens is 3. The number of nitrogens with zero attached hydrogens (tertiary/aromatic N) is 3. The van der Waals surface area contributed by atoms with Crippen LogP contribution in [0, 0.1) is 6.92 Å². The van der Waals surface area contributed by atoms with Crippen molar-refractivity contribution in [2.24, 2.45) is 0 Å². The fourth-order valence-corrected chi connectivity index (χ4v) is 4.00. The van der Waals surface area contributed by atoms with E-state index in [0.29, 0.717) is 17.9 Å². The Labute approximate surface area is 155 Å². The predicted molar refractivity (Wildman–Crippen MR) is 106 cm³/mol. The number of benzene rings is 1. The SMILES string of the molecule is CCn1c(C(=O)Nc2cnn(Cc3ccccc3C)c2)cc2sccc21. The molecule has 0 aliphatic rings. The summed E-state index contributed by atoms with van der Waals surface area (Å²) in [6.07, 6.45) is 3.56. The summed E-state index contributed by atoms with van der Waals surface area (Å²) in [6, 6.07) is 12.2. The number of amides is 1. The van der Waals surface area contributed by atoms with Crippen LogP contribution in [-0.2, 0) is 13.1 Å². The zero-order valence-corrected chi connectivity index (χ0v) is 15.6. The van der Waals surface area contributed by atoms with Crippen LogP contribution in [0.15, 0.2) is 54.2 Å². The van der Waals surface area contributed by atoms with E-state index in [1.54, 1.807) is 17.5 Å². The lowest BCUT2D eigenvalue weighted by molar-refractivity contribution is 0.101.